The van der Waals surface area contributed by atoms with Crippen LogP contribution in [0.5, 0.6) is 11.5 Å². The Bertz CT molecular complexity index is 2210. The number of likely N-dealkylation sites (tertiary alicyclic amines) is 2. The van der Waals surface area contributed by atoms with Crippen LogP contribution >= 0.6 is 11.6 Å². The minimum atomic E-state index is -0.859. The van der Waals surface area contributed by atoms with Gasteiger partial charge in [-0.25, -0.2) is 0 Å². The highest BCUT2D eigenvalue weighted by molar-refractivity contribution is 6.31. The Morgan fingerprint density at radius 2 is 1.61 bits per heavy atom. The third kappa shape index (κ3) is 7.48. The lowest BCUT2D eigenvalue weighted by Crippen LogP contribution is -2.56. The zero-order chi connectivity index (χ0) is 38.1. The number of carbonyl (C=O) groups is 4. The van der Waals surface area contributed by atoms with E-state index in [1.54, 1.807) is 41.1 Å². The number of benzene rings is 3. The van der Waals surface area contributed by atoms with Crippen molar-refractivity contribution in [1.29, 1.82) is 0 Å². The number of ether oxygens (including phenoxy) is 2. The molecule has 5 aromatic rings. The fourth-order valence-electron chi connectivity index (χ4n) is 8.02. The maximum atomic E-state index is 14.4. The predicted octanol–water partition coefficient (Wildman–Crippen LogP) is 4.96. The van der Waals surface area contributed by atoms with Gasteiger partial charge in [-0.05, 0) is 73.2 Å². The summed E-state index contributed by atoms with van der Waals surface area (Å²) >= 11 is 6.20. The molecule has 4 N–H and O–H groups in total. The fraction of sp³-hybridized carbons (Fsp3) is 0.366. The van der Waals surface area contributed by atoms with Gasteiger partial charge in [-0.2, -0.15) is 0 Å². The molecule has 2 aliphatic rings. The highest BCUT2D eigenvalue weighted by Gasteiger charge is 2.48. The van der Waals surface area contributed by atoms with Crippen molar-refractivity contribution in [2.24, 2.45) is 17.8 Å². The number of H-pyrrole nitrogens is 2. The van der Waals surface area contributed by atoms with Gasteiger partial charge in [-0.1, -0.05) is 35.9 Å². The summed E-state index contributed by atoms with van der Waals surface area (Å²) in [5, 5.41) is 8.22. The van der Waals surface area contributed by atoms with Gasteiger partial charge in [0.1, 0.15) is 6.04 Å². The van der Waals surface area contributed by atoms with Gasteiger partial charge in [0.25, 0.3) is 5.91 Å². The second-order valence-corrected chi connectivity index (χ2v) is 14.9. The van der Waals surface area contributed by atoms with Crippen molar-refractivity contribution in [2.75, 3.05) is 40.3 Å². The van der Waals surface area contributed by atoms with Gasteiger partial charge in [0.15, 0.2) is 11.5 Å². The minimum absolute atomic E-state index is 0.0734. The number of carbonyl (C=O) groups excluding carboxylic acids is 4. The van der Waals surface area contributed by atoms with Crippen molar-refractivity contribution < 1.29 is 28.7 Å². The Labute approximate surface area is 318 Å². The number of hydrogen-bond acceptors (Lipinski definition) is 6. The molecule has 12 nitrogen and oxygen atoms in total. The molecule has 0 aliphatic carbocycles. The number of aromatic amines is 2. The maximum absolute atomic E-state index is 14.4. The molecular formula is C41H45ClN6O6. The number of nitrogens with zero attached hydrogens (tertiary/aromatic N) is 2. The molecule has 0 saturated carbocycles. The van der Waals surface area contributed by atoms with Crippen LogP contribution in [-0.2, 0) is 27.2 Å². The first-order valence-electron chi connectivity index (χ1n) is 18.3. The molecule has 3 unspecified atom stereocenters. The lowest BCUT2D eigenvalue weighted by molar-refractivity contribution is -0.140. The van der Waals surface area contributed by atoms with Crippen LogP contribution in [0.2, 0.25) is 5.02 Å². The molecule has 0 bridgehead atoms. The average Bonchev–Trinajstić information content (AvgIpc) is 3.90. The Balaban J connectivity index is 1.15. The summed E-state index contributed by atoms with van der Waals surface area (Å²) in [5.74, 6) is -1.05. The first kappa shape index (κ1) is 36.9. The van der Waals surface area contributed by atoms with Gasteiger partial charge in [0, 0.05) is 84.4 Å². The van der Waals surface area contributed by atoms with E-state index in [9.17, 15) is 19.2 Å². The number of aromatic nitrogens is 2. The monoisotopic (exact) mass is 752 g/mol. The van der Waals surface area contributed by atoms with E-state index in [-0.39, 0.29) is 61.0 Å². The van der Waals surface area contributed by atoms with Crippen LogP contribution in [-0.4, -0.2) is 95.9 Å². The largest absolute Gasteiger partial charge is 0.493 e. The zero-order valence-corrected chi connectivity index (χ0v) is 31.5. The van der Waals surface area contributed by atoms with Gasteiger partial charge in [-0.15, -0.1) is 0 Å². The van der Waals surface area contributed by atoms with E-state index in [1.807, 2.05) is 62.6 Å². The second kappa shape index (κ2) is 15.5. The summed E-state index contributed by atoms with van der Waals surface area (Å²) in [6.07, 6.45) is 4.00. The number of likely N-dealkylation sites (N-methyl/N-ethyl adjacent to an activating group) is 1. The third-order valence-corrected chi connectivity index (χ3v) is 10.9. The van der Waals surface area contributed by atoms with Crippen molar-refractivity contribution in [1.82, 2.24) is 30.4 Å². The van der Waals surface area contributed by atoms with Crippen LogP contribution in [0.25, 0.3) is 21.8 Å². The molecule has 3 aromatic carbocycles. The number of piperidine rings is 1. The molecule has 2 aliphatic heterocycles. The van der Waals surface area contributed by atoms with Crippen molar-refractivity contribution in [3.63, 3.8) is 0 Å². The summed E-state index contributed by atoms with van der Waals surface area (Å²) < 4.78 is 11.4. The van der Waals surface area contributed by atoms with E-state index >= 15 is 0 Å². The van der Waals surface area contributed by atoms with Crippen molar-refractivity contribution in [2.45, 2.75) is 38.8 Å². The molecule has 7 rings (SSSR count). The summed E-state index contributed by atoms with van der Waals surface area (Å²) in [6, 6.07) is 17.6. The van der Waals surface area contributed by atoms with E-state index in [0.717, 1.165) is 32.9 Å². The molecule has 2 aromatic heterocycles. The Morgan fingerprint density at radius 3 is 2.39 bits per heavy atom. The molecular weight excluding hydrogens is 708 g/mol. The standard InChI is InChI=1S/C41H45ClN6O6/c1-23(2)54-36-12-9-24(14-37(36)53-4)41(52)48-20-27-19-47(38(49)15-26-18-45-34-16-28(42)10-11-30(26)34)22-32(31(27)21-48)39(50)46-35(40(51)43-3)13-25-17-44-33-8-6-5-7-29(25)33/h5-12,14,16-18,23,27,31-32,35,44-45H,13,15,19-22H2,1-4H3,(H,43,51)(H,46,50)/t27?,31?,32?,35-/m0/s1. The van der Waals surface area contributed by atoms with E-state index in [1.165, 1.54) is 7.11 Å². The van der Waals surface area contributed by atoms with Gasteiger partial charge in [0.05, 0.1) is 25.6 Å². The van der Waals surface area contributed by atoms with Crippen molar-refractivity contribution >= 4 is 57.0 Å². The quantitative estimate of drug-likeness (QED) is 0.150. The number of fused-ring (bicyclic) bond motifs is 3. The summed E-state index contributed by atoms with van der Waals surface area (Å²) in [6.45, 7) is 5.08. The van der Waals surface area contributed by atoms with E-state index < -0.39 is 12.0 Å². The molecule has 13 heteroatoms. The second-order valence-electron chi connectivity index (χ2n) is 14.5. The molecule has 0 spiro atoms. The van der Waals surface area contributed by atoms with Crippen LogP contribution in [0.4, 0.5) is 0 Å². The predicted molar refractivity (Wildman–Crippen MR) is 207 cm³/mol. The average molecular weight is 753 g/mol. The maximum Gasteiger partial charge on any atom is 0.254 e. The Morgan fingerprint density at radius 1 is 0.870 bits per heavy atom. The first-order chi connectivity index (χ1) is 26.0. The lowest BCUT2D eigenvalue weighted by Gasteiger charge is -2.40. The molecule has 2 fully saturated rings. The van der Waals surface area contributed by atoms with Crippen LogP contribution in [0.3, 0.4) is 0 Å². The number of amides is 4. The van der Waals surface area contributed by atoms with Gasteiger partial charge in [0.2, 0.25) is 17.7 Å². The Kier molecular flexibility index (Phi) is 10.6. The summed E-state index contributed by atoms with van der Waals surface area (Å²) in [4.78, 5) is 65.7. The van der Waals surface area contributed by atoms with Crippen molar-refractivity contribution in [3.8, 4) is 11.5 Å². The van der Waals surface area contributed by atoms with E-state index in [2.05, 4.69) is 20.6 Å². The van der Waals surface area contributed by atoms with Crippen LogP contribution in [0.1, 0.15) is 35.3 Å². The smallest absolute Gasteiger partial charge is 0.254 e. The Hall–Kier alpha value is -5.49. The highest BCUT2D eigenvalue weighted by atomic mass is 35.5. The van der Waals surface area contributed by atoms with Crippen LogP contribution in [0.15, 0.2) is 73.1 Å². The van der Waals surface area contributed by atoms with E-state index in [0.29, 0.717) is 41.7 Å². The molecule has 4 atom stereocenters. The molecule has 0 radical (unpaired) electrons. The fourth-order valence-corrected chi connectivity index (χ4v) is 8.19. The van der Waals surface area contributed by atoms with Crippen molar-refractivity contribution in [3.05, 3.63) is 94.8 Å². The molecule has 2 saturated heterocycles. The molecule has 54 heavy (non-hydrogen) atoms. The lowest BCUT2D eigenvalue weighted by atomic mass is 9.79. The number of hydrogen-bond donors (Lipinski definition) is 4. The van der Waals surface area contributed by atoms with Gasteiger partial charge < -0.3 is 39.9 Å². The minimum Gasteiger partial charge on any atom is -0.493 e. The highest BCUT2D eigenvalue weighted by Crippen LogP contribution is 2.38. The van der Waals surface area contributed by atoms with Gasteiger partial charge >= 0.3 is 0 Å². The van der Waals surface area contributed by atoms with Gasteiger partial charge in [-0.3, -0.25) is 19.2 Å². The topological polar surface area (TPSA) is 149 Å². The normalized spacial score (nSPS) is 18.8. The summed E-state index contributed by atoms with van der Waals surface area (Å²) in [7, 11) is 3.08. The SMILES string of the molecule is CNC(=O)[C@H](Cc1c[nH]c2ccccc12)NC(=O)C1CN(C(=O)Cc2c[nH]c3cc(Cl)ccc23)CC2CN(C(=O)c3ccc(OC(C)C)c(OC)c3)CC21. The number of nitrogens with one attached hydrogen (secondary N) is 4. The zero-order valence-electron chi connectivity index (χ0n) is 30.8. The first-order valence-corrected chi connectivity index (χ1v) is 18.6. The number of para-hydroxylation sites is 1. The summed E-state index contributed by atoms with van der Waals surface area (Å²) in [5.41, 5.74) is 3.94. The number of halogens is 1. The van der Waals surface area contributed by atoms with Crippen LogP contribution in [0, 0.1) is 17.8 Å². The number of rotatable bonds is 11. The van der Waals surface area contributed by atoms with E-state index in [4.69, 9.17) is 21.1 Å². The number of methoxy groups -OCH3 is 1. The third-order valence-electron chi connectivity index (χ3n) is 10.7. The molecule has 4 amide bonds. The molecule has 4 heterocycles. The molecule has 282 valence electrons. The van der Waals surface area contributed by atoms with Crippen LogP contribution < -0.4 is 20.1 Å².